The van der Waals surface area contributed by atoms with Crippen LogP contribution in [0.15, 0.2) is 17.6 Å². The molecule has 4 nitrogen and oxygen atoms in total. The summed E-state index contributed by atoms with van der Waals surface area (Å²) in [7, 11) is 0. The Kier molecular flexibility index (Phi) is 5.64. The molecule has 0 saturated carbocycles. The molecule has 0 aromatic heterocycles. The predicted molar refractivity (Wildman–Crippen MR) is 52.8 cm³/mol. The van der Waals surface area contributed by atoms with Gasteiger partial charge in [-0.2, -0.15) is 5.26 Å². The Morgan fingerprint density at radius 2 is 2.54 bits per heavy atom. The maximum atomic E-state index is 10.6. The first-order valence-corrected chi connectivity index (χ1v) is 4.71. The Bertz CT molecular complexity index is 268. The van der Waals surface area contributed by atoms with Crippen molar-refractivity contribution in [1.29, 1.82) is 5.26 Å². The van der Waals surface area contributed by atoms with Crippen LogP contribution >= 0.6 is 11.8 Å². The number of aliphatic imine (C=N–C) groups is 1. The SMILES string of the molecule is C=CCN=C(SC)C(C#N)C(=O)O. The van der Waals surface area contributed by atoms with Gasteiger partial charge in [-0.3, -0.25) is 9.79 Å². The van der Waals surface area contributed by atoms with E-state index >= 15 is 0 Å². The van der Waals surface area contributed by atoms with Gasteiger partial charge in [-0.1, -0.05) is 6.08 Å². The lowest BCUT2D eigenvalue weighted by molar-refractivity contribution is -0.137. The van der Waals surface area contributed by atoms with Crippen molar-refractivity contribution in [3.05, 3.63) is 12.7 Å². The summed E-state index contributed by atoms with van der Waals surface area (Å²) in [6.45, 7) is 3.79. The van der Waals surface area contributed by atoms with Crippen LogP contribution in [0.4, 0.5) is 0 Å². The van der Waals surface area contributed by atoms with E-state index in [0.717, 1.165) is 0 Å². The molecular formula is C8H10N2O2S. The van der Waals surface area contributed by atoms with Gasteiger partial charge >= 0.3 is 5.97 Å². The van der Waals surface area contributed by atoms with E-state index in [1.54, 1.807) is 18.4 Å². The molecule has 0 aromatic rings. The van der Waals surface area contributed by atoms with Gasteiger partial charge in [-0.05, 0) is 6.26 Å². The third-order valence-corrected chi connectivity index (χ3v) is 1.99. The van der Waals surface area contributed by atoms with E-state index in [2.05, 4.69) is 11.6 Å². The van der Waals surface area contributed by atoms with Crippen LogP contribution < -0.4 is 0 Å². The Labute approximate surface area is 81.0 Å². The summed E-state index contributed by atoms with van der Waals surface area (Å²) in [4.78, 5) is 14.5. The van der Waals surface area contributed by atoms with Crippen LogP contribution in [0.2, 0.25) is 0 Å². The predicted octanol–water partition coefficient (Wildman–Crippen LogP) is 1.16. The average Bonchev–Trinajstić information content (AvgIpc) is 2.11. The normalized spacial score (nSPS) is 13.1. The van der Waals surface area contributed by atoms with Crippen LogP contribution in [0.5, 0.6) is 0 Å². The molecule has 0 amide bonds. The molecule has 0 rings (SSSR count). The van der Waals surface area contributed by atoms with E-state index in [-0.39, 0.29) is 0 Å². The minimum atomic E-state index is -1.17. The minimum Gasteiger partial charge on any atom is -0.480 e. The van der Waals surface area contributed by atoms with Crippen molar-refractivity contribution in [2.75, 3.05) is 12.8 Å². The Hall–Kier alpha value is -1.28. The highest BCUT2D eigenvalue weighted by atomic mass is 32.2. The Balaban J connectivity index is 4.64. The van der Waals surface area contributed by atoms with Crippen LogP contribution in [-0.4, -0.2) is 28.9 Å². The van der Waals surface area contributed by atoms with Crippen LogP contribution in [0.25, 0.3) is 0 Å². The summed E-state index contributed by atoms with van der Waals surface area (Å²) in [6.07, 6.45) is 3.24. The number of nitriles is 1. The van der Waals surface area contributed by atoms with E-state index in [0.29, 0.717) is 11.6 Å². The second kappa shape index (κ2) is 6.26. The van der Waals surface area contributed by atoms with Crippen molar-refractivity contribution in [3.8, 4) is 6.07 Å². The zero-order valence-electron chi connectivity index (χ0n) is 7.23. The van der Waals surface area contributed by atoms with E-state index in [4.69, 9.17) is 10.4 Å². The van der Waals surface area contributed by atoms with Gasteiger partial charge in [-0.15, -0.1) is 18.3 Å². The summed E-state index contributed by atoms with van der Waals surface area (Å²) in [5, 5.41) is 17.5. The molecule has 0 radical (unpaired) electrons. The molecule has 1 N–H and O–H groups in total. The fourth-order valence-corrected chi connectivity index (χ4v) is 1.24. The monoisotopic (exact) mass is 198 g/mol. The first kappa shape index (κ1) is 11.7. The zero-order chi connectivity index (χ0) is 10.3. The molecule has 0 bridgehead atoms. The molecule has 0 aliphatic carbocycles. The molecule has 70 valence electrons. The summed E-state index contributed by atoms with van der Waals surface area (Å²) < 4.78 is 0. The lowest BCUT2D eigenvalue weighted by atomic mass is 10.2. The third kappa shape index (κ3) is 3.76. The number of carboxylic acid groups (broad SMARTS) is 1. The molecule has 13 heavy (non-hydrogen) atoms. The second-order valence-corrected chi connectivity index (χ2v) is 2.90. The standard InChI is InChI=1S/C8H10N2O2S/c1-3-4-10-7(13-2)6(5-9)8(11)12/h3,6H,1,4H2,2H3,(H,11,12). The molecular weight excluding hydrogens is 188 g/mol. The summed E-state index contributed by atoms with van der Waals surface area (Å²) in [5.41, 5.74) is 0. The average molecular weight is 198 g/mol. The van der Waals surface area contributed by atoms with E-state index in [1.807, 2.05) is 0 Å². The Morgan fingerprint density at radius 3 is 2.85 bits per heavy atom. The van der Waals surface area contributed by atoms with Gasteiger partial charge in [0.15, 0.2) is 5.92 Å². The first-order chi connectivity index (χ1) is 6.17. The number of aliphatic carboxylic acids is 1. The van der Waals surface area contributed by atoms with E-state index < -0.39 is 11.9 Å². The number of carbonyl (C=O) groups is 1. The molecule has 0 fully saturated rings. The Morgan fingerprint density at radius 1 is 1.92 bits per heavy atom. The molecule has 0 spiro atoms. The van der Waals surface area contributed by atoms with Crippen LogP contribution in [0.1, 0.15) is 0 Å². The van der Waals surface area contributed by atoms with Crippen molar-refractivity contribution in [2.45, 2.75) is 0 Å². The maximum absolute atomic E-state index is 10.6. The highest BCUT2D eigenvalue weighted by Gasteiger charge is 2.22. The fraction of sp³-hybridized carbons (Fsp3) is 0.375. The van der Waals surface area contributed by atoms with Gasteiger partial charge in [0, 0.05) is 0 Å². The molecule has 1 atom stereocenters. The van der Waals surface area contributed by atoms with Crippen molar-refractivity contribution in [3.63, 3.8) is 0 Å². The number of carboxylic acids is 1. The van der Waals surface area contributed by atoms with Gasteiger partial charge in [-0.25, -0.2) is 0 Å². The molecule has 0 aromatic carbocycles. The van der Waals surface area contributed by atoms with Gasteiger partial charge < -0.3 is 5.11 Å². The summed E-state index contributed by atoms with van der Waals surface area (Å²) in [5.74, 6) is -2.32. The lowest BCUT2D eigenvalue weighted by Gasteiger charge is -2.04. The van der Waals surface area contributed by atoms with Crippen molar-refractivity contribution in [2.24, 2.45) is 10.9 Å². The van der Waals surface area contributed by atoms with Crippen molar-refractivity contribution >= 4 is 22.8 Å². The van der Waals surface area contributed by atoms with E-state index in [1.165, 1.54) is 11.8 Å². The highest BCUT2D eigenvalue weighted by molar-refractivity contribution is 8.13. The molecule has 5 heteroatoms. The molecule has 0 heterocycles. The number of hydrogen-bond donors (Lipinski definition) is 1. The quantitative estimate of drug-likeness (QED) is 0.418. The second-order valence-electron chi connectivity index (χ2n) is 2.07. The first-order valence-electron chi connectivity index (χ1n) is 3.49. The van der Waals surface area contributed by atoms with Gasteiger partial charge in [0.1, 0.15) is 0 Å². The maximum Gasteiger partial charge on any atom is 0.327 e. The third-order valence-electron chi connectivity index (χ3n) is 1.21. The van der Waals surface area contributed by atoms with Gasteiger partial charge in [0.25, 0.3) is 0 Å². The molecule has 1 unspecified atom stereocenters. The largest absolute Gasteiger partial charge is 0.480 e. The van der Waals surface area contributed by atoms with Crippen LogP contribution in [0, 0.1) is 17.2 Å². The zero-order valence-corrected chi connectivity index (χ0v) is 8.04. The van der Waals surface area contributed by atoms with E-state index in [9.17, 15) is 4.79 Å². The molecule has 0 aliphatic rings. The number of nitrogens with zero attached hydrogens (tertiary/aromatic N) is 2. The smallest absolute Gasteiger partial charge is 0.327 e. The molecule has 0 aliphatic heterocycles. The number of thioether (sulfide) groups is 1. The highest BCUT2D eigenvalue weighted by Crippen LogP contribution is 2.10. The number of hydrogen-bond acceptors (Lipinski definition) is 4. The van der Waals surface area contributed by atoms with Crippen LogP contribution in [0.3, 0.4) is 0 Å². The number of rotatable bonds is 4. The molecule has 0 saturated heterocycles. The summed E-state index contributed by atoms with van der Waals surface area (Å²) in [6, 6.07) is 1.68. The van der Waals surface area contributed by atoms with Crippen molar-refractivity contribution < 1.29 is 9.90 Å². The van der Waals surface area contributed by atoms with Crippen molar-refractivity contribution in [1.82, 2.24) is 0 Å². The summed E-state index contributed by atoms with van der Waals surface area (Å²) >= 11 is 1.17. The topological polar surface area (TPSA) is 73.5 Å². The minimum absolute atomic E-state index is 0.315. The van der Waals surface area contributed by atoms with Crippen LogP contribution in [-0.2, 0) is 4.79 Å². The van der Waals surface area contributed by atoms with Gasteiger partial charge in [0.2, 0.25) is 0 Å². The van der Waals surface area contributed by atoms with Gasteiger partial charge in [0.05, 0.1) is 17.7 Å². The lowest BCUT2D eigenvalue weighted by Crippen LogP contribution is -2.19. The fourth-order valence-electron chi connectivity index (χ4n) is 0.644.